The van der Waals surface area contributed by atoms with Crippen LogP contribution in [0, 0.1) is 5.82 Å². The van der Waals surface area contributed by atoms with Crippen molar-refractivity contribution >= 4 is 30.2 Å². The van der Waals surface area contributed by atoms with Crippen molar-refractivity contribution in [1.29, 1.82) is 0 Å². The highest BCUT2D eigenvalue weighted by Gasteiger charge is 2.41. The van der Waals surface area contributed by atoms with Crippen LogP contribution < -0.4 is 5.32 Å². The smallest absolute Gasteiger partial charge is 0.290 e. The molecule has 1 fully saturated rings. The first-order valence-corrected chi connectivity index (χ1v) is 12.7. The van der Waals surface area contributed by atoms with Gasteiger partial charge < -0.3 is 15.3 Å². The molecule has 0 bridgehead atoms. The first kappa shape index (κ1) is 26.8. The number of Topliss-reactive ketones (excluding diaryl/α,β-unsaturated/α-hetero) is 1. The number of halogens is 2. The minimum absolute atomic E-state index is 0.122. The molecule has 0 saturated heterocycles. The Morgan fingerprint density at radius 3 is 2.70 bits per heavy atom. The zero-order valence-electron chi connectivity index (χ0n) is 21.0. The van der Waals surface area contributed by atoms with Crippen LogP contribution in [0.3, 0.4) is 0 Å². The molecule has 0 amide bonds. The topological polar surface area (TPSA) is 101 Å². The number of ketones is 1. The van der Waals surface area contributed by atoms with Gasteiger partial charge in [-0.3, -0.25) is 19.5 Å². The molecule has 0 radical (unpaired) electrons. The Morgan fingerprint density at radius 1 is 1.30 bits per heavy atom. The summed E-state index contributed by atoms with van der Waals surface area (Å²) >= 11 is 6.34. The molecule has 1 atom stereocenters. The second-order valence-corrected chi connectivity index (χ2v) is 10.2. The third-order valence-electron chi connectivity index (χ3n) is 7.04. The molecule has 0 aromatic carbocycles. The van der Waals surface area contributed by atoms with Crippen LogP contribution in [0.15, 0.2) is 57.8 Å². The number of hydrogen-bond acceptors (Lipinski definition) is 8. The van der Waals surface area contributed by atoms with Crippen molar-refractivity contribution in [2.45, 2.75) is 56.5 Å². The average Bonchev–Trinajstić information content (AvgIpc) is 3.20. The molecular weight excluding hydrogens is 499 g/mol. The second-order valence-electron chi connectivity index (χ2n) is 9.75. The van der Waals surface area contributed by atoms with Gasteiger partial charge in [0.05, 0.1) is 18.3 Å². The van der Waals surface area contributed by atoms with E-state index in [0.29, 0.717) is 12.2 Å². The van der Waals surface area contributed by atoms with Crippen LogP contribution in [0.1, 0.15) is 50.1 Å². The summed E-state index contributed by atoms with van der Waals surface area (Å²) in [5, 5.41) is 17.8. The maximum absolute atomic E-state index is 14.2. The Balaban J connectivity index is 0.00000102. The Bertz CT molecular complexity index is 1140. The molecule has 2 aliphatic carbocycles. The van der Waals surface area contributed by atoms with Crippen molar-refractivity contribution in [3.05, 3.63) is 64.2 Å². The number of carboxylic acid groups (broad SMARTS) is 1. The van der Waals surface area contributed by atoms with E-state index in [9.17, 15) is 9.18 Å². The Morgan fingerprint density at radius 2 is 2.03 bits per heavy atom. The Kier molecular flexibility index (Phi) is 8.60. The number of nitrogens with zero attached hydrogens (tertiary/aromatic N) is 5. The van der Waals surface area contributed by atoms with Crippen LogP contribution in [-0.4, -0.2) is 76.2 Å². The fourth-order valence-electron chi connectivity index (χ4n) is 5.45. The van der Waals surface area contributed by atoms with Crippen molar-refractivity contribution in [3.8, 4) is 0 Å². The van der Waals surface area contributed by atoms with Gasteiger partial charge in [-0.2, -0.15) is 5.10 Å². The van der Waals surface area contributed by atoms with Crippen LogP contribution in [0.2, 0.25) is 0 Å². The van der Waals surface area contributed by atoms with Crippen LogP contribution in [0.5, 0.6) is 0 Å². The van der Waals surface area contributed by atoms with E-state index in [4.69, 9.17) is 26.6 Å². The number of rotatable bonds is 5. The van der Waals surface area contributed by atoms with E-state index < -0.39 is 6.04 Å². The van der Waals surface area contributed by atoms with Gasteiger partial charge in [0.25, 0.3) is 6.47 Å². The minimum atomic E-state index is -0.424. The molecule has 1 saturated carbocycles. The van der Waals surface area contributed by atoms with Gasteiger partial charge in [-0.15, -0.1) is 0 Å². The SMILES string of the molecule is CN(C)CC(=O)C1C2=C(C=C(Cl)CC2)NC=C2N1C=NN2C1CCC(c2ncccc2F)CC1.O=CO. The van der Waals surface area contributed by atoms with E-state index in [-0.39, 0.29) is 30.0 Å². The fraction of sp³-hybridized carbons (Fsp3) is 0.462. The quantitative estimate of drug-likeness (QED) is 0.557. The summed E-state index contributed by atoms with van der Waals surface area (Å²) < 4.78 is 14.2. The summed E-state index contributed by atoms with van der Waals surface area (Å²) in [4.78, 5) is 30.0. The van der Waals surface area contributed by atoms with E-state index in [1.807, 2.05) is 41.2 Å². The summed E-state index contributed by atoms with van der Waals surface area (Å²) in [5.41, 5.74) is 2.51. The van der Waals surface area contributed by atoms with Gasteiger partial charge in [0, 0.05) is 29.0 Å². The summed E-state index contributed by atoms with van der Waals surface area (Å²) in [5.74, 6) is 0.888. The van der Waals surface area contributed by atoms with E-state index in [1.165, 1.54) is 6.07 Å². The molecule has 198 valence electrons. The average molecular weight is 531 g/mol. The van der Waals surface area contributed by atoms with Gasteiger partial charge in [-0.25, -0.2) is 9.40 Å². The molecule has 5 rings (SSSR count). The van der Waals surface area contributed by atoms with Crippen LogP contribution in [0.4, 0.5) is 4.39 Å². The molecule has 11 heteroatoms. The lowest BCUT2D eigenvalue weighted by molar-refractivity contribution is -0.123. The lowest BCUT2D eigenvalue weighted by Gasteiger charge is -2.36. The predicted octanol–water partition coefficient (Wildman–Crippen LogP) is 3.58. The molecule has 2 N–H and O–H groups in total. The number of hydrazone groups is 1. The standard InChI is InChI=1S/C25H30ClFN6O.CH2O2/c1-31(2)14-22(34)25-19-10-7-17(26)12-21(19)29-13-23-32(25)15-30-33(23)18-8-5-16(6-9-18)24-20(27)4-3-11-28-24;2-1-3/h3-4,11-13,15-16,18,25,29H,5-10,14H2,1-2H3;1H,(H,2,3). The number of pyridine rings is 1. The summed E-state index contributed by atoms with van der Waals surface area (Å²) in [6.07, 6.45) is 12.2. The van der Waals surface area contributed by atoms with Crippen LogP contribution >= 0.6 is 11.6 Å². The van der Waals surface area contributed by atoms with E-state index in [0.717, 1.165) is 60.6 Å². The van der Waals surface area contributed by atoms with Gasteiger partial charge in [-0.1, -0.05) is 11.6 Å². The fourth-order valence-corrected chi connectivity index (χ4v) is 5.65. The van der Waals surface area contributed by atoms with Crippen molar-refractivity contribution in [1.82, 2.24) is 25.1 Å². The van der Waals surface area contributed by atoms with Gasteiger partial charge in [0.15, 0.2) is 5.78 Å². The van der Waals surface area contributed by atoms with Gasteiger partial charge in [-0.05, 0) is 76.4 Å². The summed E-state index contributed by atoms with van der Waals surface area (Å²) in [6.45, 7) is 0.0945. The molecule has 1 unspecified atom stereocenters. The summed E-state index contributed by atoms with van der Waals surface area (Å²) in [6, 6.07) is 2.87. The number of carbonyl (C=O) groups is 2. The number of hydrogen-bond donors (Lipinski definition) is 2. The maximum Gasteiger partial charge on any atom is 0.290 e. The predicted molar refractivity (Wildman–Crippen MR) is 139 cm³/mol. The molecular formula is C26H32ClFN6O3. The highest BCUT2D eigenvalue weighted by atomic mass is 35.5. The Hall–Kier alpha value is -3.24. The van der Waals surface area contributed by atoms with Gasteiger partial charge in [0.2, 0.25) is 0 Å². The minimum Gasteiger partial charge on any atom is -0.483 e. The van der Waals surface area contributed by atoms with E-state index in [2.05, 4.69) is 10.3 Å². The van der Waals surface area contributed by atoms with Gasteiger partial charge >= 0.3 is 0 Å². The van der Waals surface area contributed by atoms with Crippen molar-refractivity contribution < 1.29 is 19.1 Å². The summed E-state index contributed by atoms with van der Waals surface area (Å²) in [7, 11) is 3.81. The highest BCUT2D eigenvalue weighted by molar-refractivity contribution is 6.29. The Labute approximate surface area is 221 Å². The van der Waals surface area contributed by atoms with Crippen molar-refractivity contribution in [3.63, 3.8) is 0 Å². The monoisotopic (exact) mass is 530 g/mol. The third kappa shape index (κ3) is 5.86. The number of nitrogens with one attached hydrogen (secondary N) is 1. The van der Waals surface area contributed by atoms with Gasteiger partial charge in [0.1, 0.15) is 24.0 Å². The van der Waals surface area contributed by atoms with E-state index >= 15 is 0 Å². The number of carbonyl (C=O) groups excluding carboxylic acids is 1. The molecule has 0 spiro atoms. The molecule has 37 heavy (non-hydrogen) atoms. The lowest BCUT2D eigenvalue weighted by Crippen LogP contribution is -2.45. The number of aromatic nitrogens is 1. The second kappa shape index (κ2) is 11.9. The number of fused-ring (bicyclic) bond motifs is 1. The molecule has 1 aromatic heterocycles. The molecule has 9 nitrogen and oxygen atoms in total. The number of allylic oxidation sites excluding steroid dienone is 2. The zero-order chi connectivity index (χ0) is 26.5. The normalized spacial score (nSPS) is 24.7. The molecule has 1 aromatic rings. The molecule has 2 aliphatic heterocycles. The highest BCUT2D eigenvalue weighted by Crippen LogP contribution is 2.40. The van der Waals surface area contributed by atoms with Crippen molar-refractivity contribution in [2.75, 3.05) is 20.6 Å². The maximum atomic E-state index is 14.2. The van der Waals surface area contributed by atoms with Crippen LogP contribution in [-0.2, 0) is 9.59 Å². The van der Waals surface area contributed by atoms with Crippen molar-refractivity contribution in [2.24, 2.45) is 5.10 Å². The largest absolute Gasteiger partial charge is 0.483 e. The van der Waals surface area contributed by atoms with Crippen LogP contribution in [0.25, 0.3) is 0 Å². The third-order valence-corrected chi connectivity index (χ3v) is 7.34. The number of likely N-dealkylation sites (N-methyl/N-ethyl adjacent to an activating group) is 1. The first-order chi connectivity index (χ1) is 17.8. The lowest BCUT2D eigenvalue weighted by atomic mass is 9.83. The molecule has 3 heterocycles. The first-order valence-electron chi connectivity index (χ1n) is 12.4. The zero-order valence-corrected chi connectivity index (χ0v) is 21.7. The molecule has 4 aliphatic rings. The van der Waals surface area contributed by atoms with E-state index in [1.54, 1.807) is 18.6 Å².